The summed E-state index contributed by atoms with van der Waals surface area (Å²) in [5.41, 5.74) is 1.08. The summed E-state index contributed by atoms with van der Waals surface area (Å²) in [6.45, 7) is 0.638. The van der Waals surface area contributed by atoms with Crippen LogP contribution in [0.4, 0.5) is 0 Å². The summed E-state index contributed by atoms with van der Waals surface area (Å²) in [7, 11) is 0. The van der Waals surface area contributed by atoms with Gasteiger partial charge in [0, 0.05) is 29.2 Å². The van der Waals surface area contributed by atoms with Crippen LogP contribution < -0.4 is 0 Å². The molecule has 0 unspecified atom stereocenters. The Hall–Kier alpha value is -1.62. The molecule has 0 aliphatic heterocycles. The van der Waals surface area contributed by atoms with Crippen molar-refractivity contribution in [1.29, 1.82) is 0 Å². The van der Waals surface area contributed by atoms with E-state index in [1.54, 1.807) is 0 Å². The number of rotatable bonds is 5. The number of aliphatic carboxylic acids is 1. The standard InChI is InChI=1S/C13H12BrNO3/c14-10-4-3-9-5-7-15(11(9)8-10)6-1-2-12(16)13(17)18/h3-5,7-8H,1-2,6H2,(H,17,18). The molecule has 0 saturated heterocycles. The van der Waals surface area contributed by atoms with Crippen LogP contribution in [0.5, 0.6) is 0 Å². The van der Waals surface area contributed by atoms with Gasteiger partial charge in [-0.3, -0.25) is 4.79 Å². The van der Waals surface area contributed by atoms with Gasteiger partial charge >= 0.3 is 5.97 Å². The van der Waals surface area contributed by atoms with E-state index in [0.29, 0.717) is 13.0 Å². The van der Waals surface area contributed by atoms with E-state index in [1.165, 1.54) is 0 Å². The lowest BCUT2D eigenvalue weighted by molar-refractivity contribution is -0.149. The summed E-state index contributed by atoms with van der Waals surface area (Å²) in [5, 5.41) is 9.61. The van der Waals surface area contributed by atoms with Crippen LogP contribution >= 0.6 is 15.9 Å². The first-order chi connectivity index (χ1) is 8.58. The van der Waals surface area contributed by atoms with Gasteiger partial charge in [-0.1, -0.05) is 22.0 Å². The van der Waals surface area contributed by atoms with Crippen LogP contribution in [0.3, 0.4) is 0 Å². The van der Waals surface area contributed by atoms with Crippen molar-refractivity contribution in [3.05, 3.63) is 34.9 Å². The van der Waals surface area contributed by atoms with E-state index < -0.39 is 11.8 Å². The second-order valence-electron chi connectivity index (χ2n) is 4.04. The number of ketones is 1. The Morgan fingerprint density at radius 3 is 2.78 bits per heavy atom. The zero-order valence-corrected chi connectivity index (χ0v) is 11.2. The Labute approximate surface area is 112 Å². The maximum absolute atomic E-state index is 11.0. The molecule has 1 heterocycles. The molecule has 94 valence electrons. The summed E-state index contributed by atoms with van der Waals surface area (Å²) in [6, 6.07) is 7.99. The van der Waals surface area contributed by atoms with Crippen LogP contribution in [-0.2, 0) is 16.1 Å². The first-order valence-electron chi connectivity index (χ1n) is 5.58. The second kappa shape index (κ2) is 5.35. The van der Waals surface area contributed by atoms with Crippen LogP contribution in [0.2, 0.25) is 0 Å². The molecule has 0 atom stereocenters. The molecular weight excluding hydrogens is 298 g/mol. The molecule has 0 bridgehead atoms. The van der Waals surface area contributed by atoms with Crippen molar-refractivity contribution in [3.8, 4) is 0 Å². The number of aryl methyl sites for hydroxylation is 1. The molecule has 4 nitrogen and oxygen atoms in total. The maximum atomic E-state index is 11.0. The van der Waals surface area contributed by atoms with Crippen molar-refractivity contribution in [2.75, 3.05) is 0 Å². The summed E-state index contributed by atoms with van der Waals surface area (Å²) < 4.78 is 3.02. The maximum Gasteiger partial charge on any atom is 0.372 e. The van der Waals surface area contributed by atoms with Crippen molar-refractivity contribution >= 4 is 38.6 Å². The van der Waals surface area contributed by atoms with Gasteiger partial charge in [0.25, 0.3) is 0 Å². The number of aromatic nitrogens is 1. The number of hydrogen-bond donors (Lipinski definition) is 1. The van der Waals surface area contributed by atoms with Crippen LogP contribution in [0, 0.1) is 0 Å². The smallest absolute Gasteiger partial charge is 0.372 e. The van der Waals surface area contributed by atoms with Gasteiger partial charge < -0.3 is 9.67 Å². The summed E-state index contributed by atoms with van der Waals surface area (Å²) >= 11 is 3.42. The molecular formula is C13H12BrNO3. The van der Waals surface area contributed by atoms with Crippen LogP contribution in [0.15, 0.2) is 34.9 Å². The van der Waals surface area contributed by atoms with E-state index in [-0.39, 0.29) is 6.42 Å². The molecule has 0 aliphatic rings. The summed E-state index contributed by atoms with van der Waals surface area (Å²) in [4.78, 5) is 21.4. The highest BCUT2D eigenvalue weighted by atomic mass is 79.9. The minimum absolute atomic E-state index is 0.0724. The highest BCUT2D eigenvalue weighted by Gasteiger charge is 2.10. The fourth-order valence-corrected chi connectivity index (χ4v) is 2.22. The Morgan fingerprint density at radius 1 is 1.28 bits per heavy atom. The topological polar surface area (TPSA) is 59.3 Å². The van der Waals surface area contributed by atoms with Gasteiger partial charge in [0.1, 0.15) is 0 Å². The molecule has 1 N–H and O–H groups in total. The van der Waals surface area contributed by atoms with Crippen molar-refractivity contribution in [1.82, 2.24) is 4.57 Å². The minimum Gasteiger partial charge on any atom is -0.476 e. The summed E-state index contributed by atoms with van der Waals surface area (Å²) in [6.07, 6.45) is 2.55. The Kier molecular flexibility index (Phi) is 3.81. The Bertz CT molecular complexity index is 603. The molecule has 0 fully saturated rings. The van der Waals surface area contributed by atoms with E-state index in [1.807, 2.05) is 35.0 Å². The van der Waals surface area contributed by atoms with Gasteiger partial charge in [0.2, 0.25) is 5.78 Å². The quantitative estimate of drug-likeness (QED) is 0.864. The number of carboxylic acid groups (broad SMARTS) is 1. The Balaban J connectivity index is 2.06. The first-order valence-corrected chi connectivity index (χ1v) is 6.38. The SMILES string of the molecule is O=C(O)C(=O)CCCn1ccc2ccc(Br)cc21. The number of carbonyl (C=O) groups excluding carboxylic acids is 1. The largest absolute Gasteiger partial charge is 0.476 e. The molecule has 0 saturated carbocycles. The number of fused-ring (bicyclic) bond motifs is 1. The van der Waals surface area contributed by atoms with E-state index in [2.05, 4.69) is 15.9 Å². The van der Waals surface area contributed by atoms with E-state index >= 15 is 0 Å². The molecule has 2 aromatic rings. The minimum atomic E-state index is -1.35. The van der Waals surface area contributed by atoms with Gasteiger partial charge in [0.15, 0.2) is 0 Å². The highest BCUT2D eigenvalue weighted by Crippen LogP contribution is 2.21. The number of benzene rings is 1. The predicted molar refractivity (Wildman–Crippen MR) is 71.5 cm³/mol. The van der Waals surface area contributed by atoms with Gasteiger partial charge in [-0.2, -0.15) is 0 Å². The van der Waals surface area contributed by atoms with E-state index in [9.17, 15) is 9.59 Å². The Morgan fingerprint density at radius 2 is 2.06 bits per heavy atom. The lowest BCUT2D eigenvalue weighted by Crippen LogP contribution is -2.12. The number of carbonyl (C=O) groups is 2. The molecule has 0 aliphatic carbocycles. The molecule has 5 heteroatoms. The third-order valence-corrected chi connectivity index (χ3v) is 3.27. The second-order valence-corrected chi connectivity index (χ2v) is 4.96. The monoisotopic (exact) mass is 309 g/mol. The van der Waals surface area contributed by atoms with Crippen LogP contribution in [0.1, 0.15) is 12.8 Å². The number of hydrogen-bond acceptors (Lipinski definition) is 2. The molecule has 18 heavy (non-hydrogen) atoms. The number of carboxylic acids is 1. The number of Topliss-reactive ketones (excluding diaryl/α,β-unsaturated/α-hetero) is 1. The van der Waals surface area contributed by atoms with Crippen LogP contribution in [0.25, 0.3) is 10.9 Å². The first kappa shape index (κ1) is 12.8. The lowest BCUT2D eigenvalue weighted by Gasteiger charge is -2.04. The van der Waals surface area contributed by atoms with Crippen LogP contribution in [-0.4, -0.2) is 21.4 Å². The lowest BCUT2D eigenvalue weighted by atomic mass is 10.2. The molecule has 0 radical (unpaired) electrons. The number of nitrogens with zero attached hydrogens (tertiary/aromatic N) is 1. The average molecular weight is 310 g/mol. The van der Waals surface area contributed by atoms with Gasteiger partial charge in [0.05, 0.1) is 0 Å². The van der Waals surface area contributed by atoms with Crippen molar-refractivity contribution in [3.63, 3.8) is 0 Å². The zero-order chi connectivity index (χ0) is 13.1. The zero-order valence-electron chi connectivity index (χ0n) is 9.60. The highest BCUT2D eigenvalue weighted by molar-refractivity contribution is 9.10. The third kappa shape index (κ3) is 2.79. The third-order valence-electron chi connectivity index (χ3n) is 2.78. The normalized spacial score (nSPS) is 10.7. The van der Waals surface area contributed by atoms with E-state index in [4.69, 9.17) is 5.11 Å². The molecule has 2 rings (SSSR count). The average Bonchev–Trinajstić information content (AvgIpc) is 2.71. The molecule has 0 amide bonds. The van der Waals surface area contributed by atoms with Gasteiger partial charge in [-0.05, 0) is 30.0 Å². The van der Waals surface area contributed by atoms with Crippen molar-refractivity contribution < 1.29 is 14.7 Å². The molecule has 1 aromatic carbocycles. The van der Waals surface area contributed by atoms with Crippen molar-refractivity contribution in [2.24, 2.45) is 0 Å². The van der Waals surface area contributed by atoms with Gasteiger partial charge in [-0.25, -0.2) is 4.79 Å². The van der Waals surface area contributed by atoms with Crippen molar-refractivity contribution in [2.45, 2.75) is 19.4 Å². The predicted octanol–water partition coefficient (Wildman–Crippen LogP) is 2.84. The van der Waals surface area contributed by atoms with E-state index in [0.717, 1.165) is 15.4 Å². The van der Waals surface area contributed by atoms with Gasteiger partial charge in [-0.15, -0.1) is 0 Å². The molecule has 0 spiro atoms. The summed E-state index contributed by atoms with van der Waals surface area (Å²) in [5.74, 6) is -2.08. The fraction of sp³-hybridized carbons (Fsp3) is 0.231. The number of halogens is 1. The molecule has 1 aromatic heterocycles. The fourth-order valence-electron chi connectivity index (χ4n) is 1.87.